The predicted molar refractivity (Wildman–Crippen MR) is 28.8 cm³/mol. The number of hydrogen-bond donors (Lipinski definition) is 0. The lowest BCUT2D eigenvalue weighted by Crippen LogP contribution is -2.19. The molecule has 0 N–H and O–H groups in total. The second-order valence-electron chi connectivity index (χ2n) is 0.726. The average Bonchev–Trinajstić information content (AvgIpc) is 1.38. The lowest BCUT2D eigenvalue weighted by Gasteiger charge is -1.87. The molecular weight excluding hydrogens is 92.1 g/mol. The zero-order valence-electron chi connectivity index (χ0n) is 3.02. The van der Waals surface area contributed by atoms with Gasteiger partial charge < -0.3 is 9.90 Å². The molecule has 0 aliphatic heterocycles. The molecule has 0 amide bonds. The Bertz CT molecular complexity index is 41.3. The van der Waals surface area contributed by atoms with Gasteiger partial charge in [-0.2, -0.15) is 0 Å². The molecule has 0 spiro atoms. The van der Waals surface area contributed by atoms with Gasteiger partial charge in [0.2, 0.25) is 0 Å². The Morgan fingerprint density at radius 3 is 1.71 bits per heavy atom. The fourth-order valence-electron chi connectivity index (χ4n) is 0. The number of hydrogen-bond acceptors (Lipinski definition) is 2. The molecule has 2 nitrogen and oxygen atoms in total. The first kappa shape index (κ1) is 16.1. The van der Waals surface area contributed by atoms with Crippen LogP contribution in [0, 0.1) is 0 Å². The molecule has 2 heteroatoms. The zero-order valence-corrected chi connectivity index (χ0v) is 3.02. The summed E-state index contributed by atoms with van der Waals surface area (Å²) in [5.41, 5.74) is 0. The van der Waals surface area contributed by atoms with Gasteiger partial charge in [0, 0.05) is 5.97 Å². The largest absolute Gasteiger partial charge is 0.550 e. The van der Waals surface area contributed by atoms with E-state index in [4.69, 9.17) is 0 Å². The molecular formula is C5H13O2-. The molecule has 0 heterocycles. The first-order chi connectivity index (χ1) is 2.27. The van der Waals surface area contributed by atoms with Gasteiger partial charge in [0.1, 0.15) is 0 Å². The van der Waals surface area contributed by atoms with E-state index in [-0.39, 0.29) is 21.3 Å². The van der Waals surface area contributed by atoms with E-state index >= 15 is 0 Å². The molecule has 0 aromatic heterocycles. The maximum atomic E-state index is 9.26. The van der Waals surface area contributed by atoms with Crippen LogP contribution in [-0.4, -0.2) is 5.97 Å². The van der Waals surface area contributed by atoms with Gasteiger partial charge in [-0.25, -0.2) is 0 Å². The molecule has 0 aliphatic rings. The van der Waals surface area contributed by atoms with Crippen LogP contribution in [0.1, 0.15) is 28.2 Å². The molecule has 0 saturated heterocycles. The van der Waals surface area contributed by atoms with Crippen molar-refractivity contribution in [3.05, 3.63) is 0 Å². The minimum absolute atomic E-state index is 0. The van der Waals surface area contributed by atoms with Crippen molar-refractivity contribution < 1.29 is 9.90 Å². The fraction of sp³-hybridized carbons (Fsp3) is 0.800. The zero-order chi connectivity index (χ0) is 4.28. The first-order valence-corrected chi connectivity index (χ1v) is 1.47. The molecule has 0 aliphatic carbocycles. The highest BCUT2D eigenvalue weighted by atomic mass is 16.4. The molecule has 7 heavy (non-hydrogen) atoms. The SMILES string of the molecule is C.C.CCC(=O)[O-]. The van der Waals surface area contributed by atoms with Crippen molar-refractivity contribution in [1.82, 2.24) is 0 Å². The van der Waals surface area contributed by atoms with E-state index in [1.807, 2.05) is 0 Å². The summed E-state index contributed by atoms with van der Waals surface area (Å²) < 4.78 is 0. The Morgan fingerprint density at radius 1 is 1.57 bits per heavy atom. The molecule has 0 saturated carbocycles. The van der Waals surface area contributed by atoms with Gasteiger partial charge in [-0.3, -0.25) is 0 Å². The van der Waals surface area contributed by atoms with Crippen molar-refractivity contribution >= 4 is 5.97 Å². The number of carbonyl (C=O) groups excluding carboxylic acids is 1. The molecule has 0 bridgehead atoms. The highest BCUT2D eigenvalue weighted by Crippen LogP contribution is 1.61. The molecule has 0 unspecified atom stereocenters. The average molecular weight is 105 g/mol. The van der Waals surface area contributed by atoms with Gasteiger partial charge in [-0.15, -0.1) is 0 Å². The van der Waals surface area contributed by atoms with Crippen LogP contribution in [0.4, 0.5) is 0 Å². The van der Waals surface area contributed by atoms with E-state index in [9.17, 15) is 9.90 Å². The number of rotatable bonds is 1. The number of aliphatic carboxylic acids is 1. The van der Waals surface area contributed by atoms with Crippen molar-refractivity contribution in [2.75, 3.05) is 0 Å². The van der Waals surface area contributed by atoms with Gasteiger partial charge in [-0.1, -0.05) is 21.8 Å². The summed E-state index contributed by atoms with van der Waals surface area (Å²) in [6, 6.07) is 0. The lowest BCUT2D eigenvalue weighted by molar-refractivity contribution is -0.305. The fourth-order valence-corrected chi connectivity index (χ4v) is 0. The number of carboxylic acids is 1. The first-order valence-electron chi connectivity index (χ1n) is 1.47. The summed E-state index contributed by atoms with van der Waals surface area (Å²) in [5, 5.41) is 9.26. The van der Waals surface area contributed by atoms with E-state index in [0.29, 0.717) is 0 Å². The Morgan fingerprint density at radius 2 is 1.71 bits per heavy atom. The normalized spacial score (nSPS) is 5.29. The van der Waals surface area contributed by atoms with E-state index in [1.165, 1.54) is 6.92 Å². The van der Waals surface area contributed by atoms with Crippen molar-refractivity contribution in [1.29, 1.82) is 0 Å². The standard InChI is InChI=1S/C3H6O2.2CH4/c1-2-3(4)5;;/h2H2,1H3,(H,4,5);2*1H4/p-1. The molecule has 0 radical (unpaired) electrons. The molecule has 0 rings (SSSR count). The molecule has 46 valence electrons. The second-order valence-corrected chi connectivity index (χ2v) is 0.726. The summed E-state index contributed by atoms with van der Waals surface area (Å²) in [5.74, 6) is -0.995. The minimum Gasteiger partial charge on any atom is -0.550 e. The van der Waals surface area contributed by atoms with Crippen LogP contribution < -0.4 is 5.11 Å². The molecule has 0 atom stereocenters. The van der Waals surface area contributed by atoms with E-state index in [1.54, 1.807) is 0 Å². The Hall–Kier alpha value is -0.530. The van der Waals surface area contributed by atoms with Gasteiger partial charge >= 0.3 is 0 Å². The van der Waals surface area contributed by atoms with Crippen LogP contribution in [0.5, 0.6) is 0 Å². The van der Waals surface area contributed by atoms with Crippen LogP contribution in [0.25, 0.3) is 0 Å². The summed E-state index contributed by atoms with van der Waals surface area (Å²) in [6.45, 7) is 1.54. The van der Waals surface area contributed by atoms with Crippen LogP contribution in [0.2, 0.25) is 0 Å². The van der Waals surface area contributed by atoms with Crippen molar-refractivity contribution in [3.63, 3.8) is 0 Å². The minimum atomic E-state index is -0.995. The Labute approximate surface area is 45.2 Å². The third-order valence-electron chi connectivity index (χ3n) is 0.289. The van der Waals surface area contributed by atoms with Crippen LogP contribution in [0.3, 0.4) is 0 Å². The lowest BCUT2D eigenvalue weighted by atomic mass is 10.5. The van der Waals surface area contributed by atoms with Gasteiger partial charge in [0.15, 0.2) is 0 Å². The summed E-state index contributed by atoms with van der Waals surface area (Å²) >= 11 is 0. The quantitative estimate of drug-likeness (QED) is 0.484. The van der Waals surface area contributed by atoms with Crippen LogP contribution >= 0.6 is 0 Å². The maximum absolute atomic E-state index is 9.26. The Kier molecular flexibility index (Phi) is 20.8. The summed E-state index contributed by atoms with van der Waals surface area (Å²) in [4.78, 5) is 9.26. The van der Waals surface area contributed by atoms with Crippen molar-refractivity contribution in [2.24, 2.45) is 0 Å². The van der Waals surface area contributed by atoms with Crippen LogP contribution in [-0.2, 0) is 4.79 Å². The van der Waals surface area contributed by atoms with Crippen molar-refractivity contribution in [3.8, 4) is 0 Å². The summed E-state index contributed by atoms with van der Waals surface area (Å²) in [7, 11) is 0. The number of carboxylic acid groups (broad SMARTS) is 1. The third kappa shape index (κ3) is 30.5. The Balaban J connectivity index is -0.0000000800. The van der Waals surface area contributed by atoms with E-state index in [2.05, 4.69) is 0 Å². The van der Waals surface area contributed by atoms with E-state index < -0.39 is 5.97 Å². The van der Waals surface area contributed by atoms with Crippen LogP contribution in [0.15, 0.2) is 0 Å². The monoisotopic (exact) mass is 105 g/mol. The molecule has 0 aromatic rings. The highest BCUT2D eigenvalue weighted by Gasteiger charge is 1.65. The molecule has 0 aromatic carbocycles. The third-order valence-corrected chi connectivity index (χ3v) is 0.289. The molecule has 0 fully saturated rings. The van der Waals surface area contributed by atoms with Gasteiger partial charge in [-0.05, 0) is 6.42 Å². The summed E-state index contributed by atoms with van der Waals surface area (Å²) in [6.07, 6.45) is 0.111. The maximum Gasteiger partial charge on any atom is 0.0411 e. The smallest absolute Gasteiger partial charge is 0.0411 e. The van der Waals surface area contributed by atoms with E-state index in [0.717, 1.165) is 0 Å². The van der Waals surface area contributed by atoms with Crippen molar-refractivity contribution in [2.45, 2.75) is 28.2 Å². The topological polar surface area (TPSA) is 40.1 Å². The van der Waals surface area contributed by atoms with Gasteiger partial charge in [0.05, 0.1) is 0 Å². The highest BCUT2D eigenvalue weighted by molar-refractivity contribution is 5.63. The van der Waals surface area contributed by atoms with Gasteiger partial charge in [0.25, 0.3) is 0 Å². The number of carbonyl (C=O) groups is 1. The predicted octanol–water partition coefficient (Wildman–Crippen LogP) is 0.418. The second kappa shape index (κ2) is 9.08.